The van der Waals surface area contributed by atoms with Crippen LogP contribution in [-0.4, -0.2) is 11.5 Å². The number of nitrogens with zero attached hydrogens (tertiary/aromatic N) is 2. The van der Waals surface area contributed by atoms with Gasteiger partial charge < -0.3 is 9.80 Å². The summed E-state index contributed by atoms with van der Waals surface area (Å²) in [5.74, 6) is 2.08. The minimum atomic E-state index is 1.04. The highest BCUT2D eigenvalue weighted by Crippen LogP contribution is 2.39. The lowest BCUT2D eigenvalue weighted by molar-refractivity contribution is 0.795. The molecule has 0 aromatic heterocycles. The van der Waals surface area contributed by atoms with E-state index in [4.69, 9.17) is 0 Å². The van der Waals surface area contributed by atoms with Crippen molar-refractivity contribution in [1.82, 2.24) is 0 Å². The zero-order chi connectivity index (χ0) is 45.2. The second kappa shape index (κ2) is 24.4. The van der Waals surface area contributed by atoms with Crippen molar-refractivity contribution in [3.05, 3.63) is 240 Å². The lowest BCUT2D eigenvalue weighted by atomic mass is 10.1. The Labute approximate surface area is 403 Å². The maximum Gasteiger partial charge on any atom is 0.0472 e. The highest BCUT2D eigenvalue weighted by Gasteiger charge is 2.15. The molecular weight excluding hydrogens is 837 g/mol. The van der Waals surface area contributed by atoms with Crippen LogP contribution in [0.25, 0.3) is 12.2 Å². The van der Waals surface area contributed by atoms with Crippen molar-refractivity contribution in [3.63, 3.8) is 0 Å². The molecule has 0 unspecified atom stereocenters. The number of hydrogen-bond donors (Lipinski definition) is 0. The molecule has 0 fully saturated rings. The normalized spacial score (nSPS) is 11.2. The van der Waals surface area contributed by atoms with Crippen LogP contribution in [0.1, 0.15) is 72.9 Å². The van der Waals surface area contributed by atoms with Crippen molar-refractivity contribution < 1.29 is 0 Å². The summed E-state index contributed by atoms with van der Waals surface area (Å²) in [5, 5.41) is 0. The van der Waals surface area contributed by atoms with E-state index in [2.05, 4.69) is 242 Å². The smallest absolute Gasteiger partial charge is 0.0472 e. The Morgan fingerprint density at radius 3 is 1.05 bits per heavy atom. The van der Waals surface area contributed by atoms with E-state index in [1.165, 1.54) is 80.5 Å². The minimum Gasteiger partial charge on any atom is -0.310 e. The molecule has 8 aromatic rings. The number of rotatable bonds is 22. The second-order valence-electron chi connectivity index (χ2n) is 16.9. The van der Waals surface area contributed by atoms with Gasteiger partial charge in [0.05, 0.1) is 0 Å². The van der Waals surface area contributed by atoms with E-state index in [0.717, 1.165) is 59.7 Å². The third-order valence-electron chi connectivity index (χ3n) is 12.0. The molecule has 0 aliphatic heterocycles. The quantitative estimate of drug-likeness (QED) is 0.0494. The van der Waals surface area contributed by atoms with Crippen LogP contribution in [-0.2, 0) is 25.7 Å². The van der Waals surface area contributed by atoms with Crippen LogP contribution < -0.4 is 9.80 Å². The standard InChI is InChI=1S/C62H62N2S2/c1-3-5-15-51-27-35-55(36-28-51)63(59-21-13-23-61(47-59)65-45-43-49-17-9-7-10-18-49)57-39-31-53(32-40-57)25-26-54-33-41-58(42-34-54)64(56-37-29-52(30-38-56)16-6-4-2)60-22-14-24-62(48-60)66-46-44-50-19-11-8-12-20-50/h7-14,17-42,47-48H,3-6,15-16,43-46H2,1-2H3/b26-25+. The molecule has 0 bridgehead atoms. The predicted molar refractivity (Wildman–Crippen MR) is 290 cm³/mol. The van der Waals surface area contributed by atoms with Gasteiger partial charge in [0.15, 0.2) is 0 Å². The van der Waals surface area contributed by atoms with E-state index in [0.29, 0.717) is 0 Å². The van der Waals surface area contributed by atoms with Crippen molar-refractivity contribution in [1.29, 1.82) is 0 Å². The van der Waals surface area contributed by atoms with Gasteiger partial charge >= 0.3 is 0 Å². The Bertz CT molecular complexity index is 2500. The Morgan fingerprint density at radius 1 is 0.333 bits per heavy atom. The number of thioether (sulfide) groups is 2. The zero-order valence-corrected chi connectivity index (χ0v) is 40.2. The summed E-state index contributed by atoms with van der Waals surface area (Å²) in [5.41, 5.74) is 14.8. The zero-order valence-electron chi connectivity index (χ0n) is 38.6. The first-order chi connectivity index (χ1) is 32.6. The molecule has 0 aliphatic carbocycles. The van der Waals surface area contributed by atoms with Gasteiger partial charge in [0.2, 0.25) is 0 Å². The SMILES string of the molecule is CCCCc1ccc(N(c2ccc(/C=C/c3ccc(N(c4ccc(CCCC)cc4)c4cccc(SCCc5ccccc5)c4)cc3)cc2)c2cccc(SCCc3ccccc3)c2)cc1. The molecule has 0 aliphatic rings. The molecular formula is C62H62N2S2. The van der Waals surface area contributed by atoms with Crippen LogP contribution in [0.5, 0.6) is 0 Å². The monoisotopic (exact) mass is 898 g/mol. The van der Waals surface area contributed by atoms with Gasteiger partial charge in [-0.1, -0.05) is 160 Å². The van der Waals surface area contributed by atoms with E-state index in [1.54, 1.807) is 0 Å². The predicted octanol–water partition coefficient (Wildman–Crippen LogP) is 18.2. The Morgan fingerprint density at radius 2 is 0.682 bits per heavy atom. The molecule has 0 atom stereocenters. The molecule has 0 radical (unpaired) electrons. The summed E-state index contributed by atoms with van der Waals surface area (Å²) >= 11 is 3.84. The van der Waals surface area contributed by atoms with Crippen LogP contribution in [0, 0.1) is 0 Å². The fourth-order valence-corrected chi connectivity index (χ4v) is 10.1. The maximum atomic E-state index is 2.39. The van der Waals surface area contributed by atoms with Gasteiger partial charge in [-0.2, -0.15) is 0 Å². The minimum absolute atomic E-state index is 1.04. The average Bonchev–Trinajstić information content (AvgIpc) is 3.37. The Balaban J connectivity index is 0.998. The average molecular weight is 899 g/mol. The number of hydrogen-bond acceptors (Lipinski definition) is 4. The van der Waals surface area contributed by atoms with E-state index in [-0.39, 0.29) is 0 Å². The molecule has 332 valence electrons. The molecule has 0 N–H and O–H groups in total. The lowest BCUT2D eigenvalue weighted by Crippen LogP contribution is -2.10. The van der Waals surface area contributed by atoms with Crippen LogP contribution in [0.3, 0.4) is 0 Å². The van der Waals surface area contributed by atoms with Gasteiger partial charge in [-0.15, -0.1) is 23.5 Å². The first kappa shape index (κ1) is 46.3. The number of benzene rings is 8. The first-order valence-corrected chi connectivity index (χ1v) is 25.8. The van der Waals surface area contributed by atoms with E-state index in [1.807, 2.05) is 23.5 Å². The van der Waals surface area contributed by atoms with E-state index in [9.17, 15) is 0 Å². The first-order valence-electron chi connectivity index (χ1n) is 23.8. The van der Waals surface area contributed by atoms with Crippen LogP contribution in [0.2, 0.25) is 0 Å². The molecule has 8 rings (SSSR count). The van der Waals surface area contributed by atoms with Crippen LogP contribution in [0.4, 0.5) is 34.1 Å². The summed E-state index contributed by atoms with van der Waals surface area (Å²) in [4.78, 5) is 7.34. The van der Waals surface area contributed by atoms with Gasteiger partial charge in [0, 0.05) is 55.4 Å². The number of unbranched alkanes of at least 4 members (excludes halogenated alkanes) is 2. The number of aryl methyl sites for hydroxylation is 4. The highest BCUT2D eigenvalue weighted by atomic mass is 32.2. The van der Waals surface area contributed by atoms with Crippen molar-refractivity contribution in [2.45, 2.75) is 75.0 Å². The molecule has 2 nitrogen and oxygen atoms in total. The summed E-state index contributed by atoms with van der Waals surface area (Å²) in [6, 6.07) is 75.8. The molecule has 0 saturated heterocycles. The fraction of sp³-hybridized carbons (Fsp3) is 0.194. The highest BCUT2D eigenvalue weighted by molar-refractivity contribution is 7.99. The summed E-state index contributed by atoms with van der Waals surface area (Å²) in [7, 11) is 0. The van der Waals surface area contributed by atoms with E-state index < -0.39 is 0 Å². The molecule has 66 heavy (non-hydrogen) atoms. The molecule has 0 saturated carbocycles. The Hall–Kier alpha value is -6.20. The topological polar surface area (TPSA) is 6.48 Å². The third kappa shape index (κ3) is 13.2. The number of anilines is 6. The largest absolute Gasteiger partial charge is 0.310 e. The molecule has 0 heterocycles. The molecule has 0 amide bonds. The van der Waals surface area contributed by atoms with Crippen molar-refractivity contribution in [2.75, 3.05) is 21.3 Å². The summed E-state index contributed by atoms with van der Waals surface area (Å²) in [6.07, 6.45) is 13.6. The lowest BCUT2D eigenvalue weighted by Gasteiger charge is -2.26. The van der Waals surface area contributed by atoms with Gasteiger partial charge in [0.1, 0.15) is 0 Å². The summed E-state index contributed by atoms with van der Waals surface area (Å²) in [6.45, 7) is 4.52. The van der Waals surface area contributed by atoms with Gasteiger partial charge in [0.25, 0.3) is 0 Å². The Kier molecular flexibility index (Phi) is 17.1. The fourth-order valence-electron chi connectivity index (χ4n) is 8.23. The van der Waals surface area contributed by atoms with Gasteiger partial charge in [-0.3, -0.25) is 0 Å². The van der Waals surface area contributed by atoms with Crippen LogP contribution >= 0.6 is 23.5 Å². The molecule has 8 aromatic carbocycles. The third-order valence-corrected chi connectivity index (χ3v) is 13.9. The summed E-state index contributed by atoms with van der Waals surface area (Å²) < 4.78 is 0. The van der Waals surface area contributed by atoms with Gasteiger partial charge in [-0.05, 0) is 157 Å². The molecule has 4 heteroatoms. The molecule has 0 spiro atoms. The van der Waals surface area contributed by atoms with Crippen molar-refractivity contribution >= 4 is 69.8 Å². The van der Waals surface area contributed by atoms with E-state index >= 15 is 0 Å². The maximum absolute atomic E-state index is 2.39. The van der Waals surface area contributed by atoms with Gasteiger partial charge in [-0.25, -0.2) is 0 Å². The van der Waals surface area contributed by atoms with Crippen LogP contribution in [0.15, 0.2) is 216 Å². The second-order valence-corrected chi connectivity index (χ2v) is 19.2. The van der Waals surface area contributed by atoms with Crippen molar-refractivity contribution in [3.8, 4) is 0 Å². The van der Waals surface area contributed by atoms with Crippen molar-refractivity contribution in [2.24, 2.45) is 0 Å².